The minimum Gasteiger partial charge on any atom is -0.0805 e. The monoisotopic (exact) mass is 456 g/mol. The van der Waals surface area contributed by atoms with Crippen molar-refractivity contribution < 1.29 is 0 Å². The summed E-state index contributed by atoms with van der Waals surface area (Å²) in [6, 6.07) is 18.8. The van der Waals surface area contributed by atoms with Gasteiger partial charge in [-0.3, -0.25) is 0 Å². The molecule has 0 aliphatic heterocycles. The lowest BCUT2D eigenvalue weighted by molar-refractivity contribution is 0.302. The number of hydrogen-bond donors (Lipinski definition) is 0. The fourth-order valence-corrected chi connectivity index (χ4v) is 6.23. The van der Waals surface area contributed by atoms with Crippen molar-refractivity contribution in [2.45, 2.75) is 116 Å². The molecule has 0 nitrogen and oxygen atoms in total. The molecule has 2 aliphatic rings. The molecule has 2 aromatic carbocycles. The van der Waals surface area contributed by atoms with Gasteiger partial charge in [0.1, 0.15) is 0 Å². The van der Waals surface area contributed by atoms with E-state index in [1.165, 1.54) is 113 Å². The van der Waals surface area contributed by atoms with Crippen LogP contribution in [0.2, 0.25) is 0 Å². The smallest absolute Gasteiger partial charge is 0.0162 e. The summed E-state index contributed by atoms with van der Waals surface area (Å²) in [7, 11) is 0. The van der Waals surface area contributed by atoms with E-state index in [9.17, 15) is 0 Å². The second kappa shape index (κ2) is 13.3. The lowest BCUT2D eigenvalue weighted by atomic mass is 9.77. The Hall–Kier alpha value is -1.82. The summed E-state index contributed by atoms with van der Waals surface area (Å²) in [5.41, 5.74) is 7.23. The molecule has 1 unspecified atom stereocenters. The molecule has 1 saturated carbocycles. The molecule has 0 aromatic heterocycles. The maximum absolute atomic E-state index is 2.46. The zero-order valence-corrected chi connectivity index (χ0v) is 22.0. The topological polar surface area (TPSA) is 0 Å². The van der Waals surface area contributed by atoms with Crippen LogP contribution < -0.4 is 0 Å². The molecule has 0 N–H and O–H groups in total. The predicted octanol–water partition coefficient (Wildman–Crippen LogP) is 11.0. The van der Waals surface area contributed by atoms with Crippen molar-refractivity contribution in [2.75, 3.05) is 0 Å². The largest absolute Gasteiger partial charge is 0.0805 e. The van der Waals surface area contributed by atoms with Gasteiger partial charge in [-0.1, -0.05) is 120 Å². The Kier molecular flexibility index (Phi) is 9.90. The number of hydrogen-bond acceptors (Lipinski definition) is 0. The van der Waals surface area contributed by atoms with Gasteiger partial charge in [-0.05, 0) is 90.5 Å². The van der Waals surface area contributed by atoms with Crippen LogP contribution >= 0.6 is 0 Å². The first-order valence-electron chi connectivity index (χ1n) is 14.6. The Balaban J connectivity index is 1.21. The van der Waals surface area contributed by atoms with Crippen LogP contribution in [0, 0.1) is 11.8 Å². The van der Waals surface area contributed by atoms with Crippen molar-refractivity contribution in [1.82, 2.24) is 0 Å². The zero-order chi connectivity index (χ0) is 23.6. The fourth-order valence-electron chi connectivity index (χ4n) is 6.23. The van der Waals surface area contributed by atoms with Crippen molar-refractivity contribution >= 4 is 5.57 Å². The van der Waals surface area contributed by atoms with Crippen LogP contribution in [-0.4, -0.2) is 0 Å². The maximum Gasteiger partial charge on any atom is -0.0162 e. The highest BCUT2D eigenvalue weighted by Crippen LogP contribution is 2.38. The lowest BCUT2D eigenvalue weighted by Gasteiger charge is -2.29. The summed E-state index contributed by atoms with van der Waals surface area (Å²) in [4.78, 5) is 0. The number of unbranched alkanes of at least 4 members (excludes halogenated alkanes) is 6. The van der Waals surface area contributed by atoms with E-state index in [1.54, 1.807) is 11.1 Å². The maximum atomic E-state index is 2.46. The molecular weight excluding hydrogens is 408 g/mol. The van der Waals surface area contributed by atoms with Gasteiger partial charge in [-0.15, -0.1) is 0 Å². The van der Waals surface area contributed by atoms with Crippen molar-refractivity contribution in [2.24, 2.45) is 11.8 Å². The van der Waals surface area contributed by atoms with Gasteiger partial charge in [-0.25, -0.2) is 0 Å². The van der Waals surface area contributed by atoms with E-state index in [1.807, 2.05) is 0 Å². The summed E-state index contributed by atoms with van der Waals surface area (Å²) in [5, 5.41) is 0. The van der Waals surface area contributed by atoms with Crippen LogP contribution in [0.25, 0.3) is 16.7 Å². The Labute approximate surface area is 210 Å². The van der Waals surface area contributed by atoms with Gasteiger partial charge in [0.15, 0.2) is 0 Å². The molecule has 1 fully saturated rings. The van der Waals surface area contributed by atoms with Crippen molar-refractivity contribution in [3.05, 3.63) is 65.7 Å². The van der Waals surface area contributed by atoms with Gasteiger partial charge in [0.25, 0.3) is 0 Å². The molecule has 0 saturated heterocycles. The zero-order valence-electron chi connectivity index (χ0n) is 22.0. The van der Waals surface area contributed by atoms with Crippen molar-refractivity contribution in [1.29, 1.82) is 0 Å². The molecule has 34 heavy (non-hydrogen) atoms. The molecule has 184 valence electrons. The molecular formula is C34H48. The first-order valence-corrected chi connectivity index (χ1v) is 14.6. The number of allylic oxidation sites excluding steroid dienone is 2. The van der Waals surface area contributed by atoms with Gasteiger partial charge in [0.05, 0.1) is 0 Å². The lowest BCUT2D eigenvalue weighted by Crippen LogP contribution is -2.13. The first-order chi connectivity index (χ1) is 16.7. The fraction of sp³-hybridized carbons (Fsp3) is 0.588. The average Bonchev–Trinajstić information content (AvgIpc) is 2.89. The van der Waals surface area contributed by atoms with E-state index in [2.05, 4.69) is 68.5 Å². The van der Waals surface area contributed by atoms with Crippen LogP contribution in [0.5, 0.6) is 0 Å². The third-order valence-corrected chi connectivity index (χ3v) is 8.71. The predicted molar refractivity (Wildman–Crippen MR) is 150 cm³/mol. The van der Waals surface area contributed by atoms with Gasteiger partial charge in [-0.2, -0.15) is 0 Å². The third-order valence-electron chi connectivity index (χ3n) is 8.71. The molecule has 2 aromatic rings. The summed E-state index contributed by atoms with van der Waals surface area (Å²) in [6.45, 7) is 4.67. The molecule has 0 heterocycles. The number of rotatable bonds is 11. The first kappa shape index (κ1) is 25.3. The quantitative estimate of drug-likeness (QED) is 0.295. The summed E-state index contributed by atoms with van der Waals surface area (Å²) >= 11 is 0. The van der Waals surface area contributed by atoms with E-state index in [4.69, 9.17) is 0 Å². The summed E-state index contributed by atoms with van der Waals surface area (Å²) in [5.74, 6) is 2.62. The number of benzene rings is 2. The van der Waals surface area contributed by atoms with Gasteiger partial charge < -0.3 is 0 Å². The van der Waals surface area contributed by atoms with Gasteiger partial charge in [0, 0.05) is 0 Å². The standard InChI is InChI=1S/C34H48/c1-3-4-5-6-7-8-9-10-28-13-17-30(18-14-28)32-21-25-34(26-22-32)33-23-19-31(20-24-33)29-15-11-27(2)12-16-29/h15,19-28,30H,3-14,16-18H2,1-2H3. The van der Waals surface area contributed by atoms with Crippen molar-refractivity contribution in [3.8, 4) is 11.1 Å². The Morgan fingerprint density at radius 3 is 1.85 bits per heavy atom. The molecule has 0 bridgehead atoms. The van der Waals surface area contributed by atoms with Crippen LogP contribution in [0.3, 0.4) is 0 Å². The van der Waals surface area contributed by atoms with Crippen LogP contribution in [0.4, 0.5) is 0 Å². The highest BCUT2D eigenvalue weighted by atomic mass is 14.3. The summed E-state index contributed by atoms with van der Waals surface area (Å²) < 4.78 is 0. The second-order valence-electron chi connectivity index (χ2n) is 11.4. The highest BCUT2D eigenvalue weighted by molar-refractivity contribution is 5.71. The SMILES string of the molecule is CCCCCCCCCC1CCC(c2ccc(-c3ccc(C4=CCC(C)CC4)cc3)cc2)CC1. The van der Waals surface area contributed by atoms with Gasteiger partial charge >= 0.3 is 0 Å². The average molecular weight is 457 g/mol. The minimum absolute atomic E-state index is 0.780. The highest BCUT2D eigenvalue weighted by Gasteiger charge is 2.22. The van der Waals surface area contributed by atoms with Crippen LogP contribution in [-0.2, 0) is 0 Å². The molecule has 0 spiro atoms. The molecule has 2 aliphatic carbocycles. The second-order valence-corrected chi connectivity index (χ2v) is 11.4. The third kappa shape index (κ3) is 7.34. The van der Waals surface area contributed by atoms with Gasteiger partial charge in [0.2, 0.25) is 0 Å². The Morgan fingerprint density at radius 2 is 1.24 bits per heavy atom. The molecule has 0 radical (unpaired) electrons. The molecule has 4 rings (SSSR count). The van der Waals surface area contributed by atoms with Crippen molar-refractivity contribution in [3.63, 3.8) is 0 Å². The van der Waals surface area contributed by atoms with Crippen LogP contribution in [0.15, 0.2) is 54.6 Å². The minimum atomic E-state index is 0.780. The van der Waals surface area contributed by atoms with E-state index >= 15 is 0 Å². The Bertz CT molecular complexity index is 861. The Morgan fingerprint density at radius 1 is 0.647 bits per heavy atom. The van der Waals surface area contributed by atoms with Crippen LogP contribution in [0.1, 0.15) is 127 Å². The van der Waals surface area contributed by atoms with E-state index in [0.717, 1.165) is 17.8 Å². The molecule has 0 heteroatoms. The summed E-state index contributed by atoms with van der Waals surface area (Å²) in [6.07, 6.45) is 23.5. The van der Waals surface area contributed by atoms with E-state index in [0.29, 0.717) is 0 Å². The van der Waals surface area contributed by atoms with E-state index < -0.39 is 0 Å². The normalized spacial score (nSPS) is 23.0. The van der Waals surface area contributed by atoms with E-state index in [-0.39, 0.29) is 0 Å². The molecule has 0 amide bonds. The molecule has 1 atom stereocenters.